The third-order valence-corrected chi connectivity index (χ3v) is 6.46. The highest BCUT2D eigenvalue weighted by atomic mass is 19.4. The Hall–Kier alpha value is -2.92. The molecular formula is C21H27F3N6O3. The summed E-state index contributed by atoms with van der Waals surface area (Å²) in [5, 5.41) is 13.7. The van der Waals surface area contributed by atoms with Gasteiger partial charge in [-0.05, 0) is 43.7 Å². The molecule has 1 amide bonds. The zero-order valence-electron chi connectivity index (χ0n) is 18.3. The molecule has 0 bridgehead atoms. The van der Waals surface area contributed by atoms with Crippen LogP contribution in [0.5, 0.6) is 0 Å². The average molecular weight is 468 g/mol. The number of halogens is 3. The fourth-order valence-electron chi connectivity index (χ4n) is 4.50. The number of anilines is 1. The van der Waals surface area contributed by atoms with E-state index in [-0.39, 0.29) is 30.1 Å². The monoisotopic (exact) mass is 468 g/mol. The van der Waals surface area contributed by atoms with Gasteiger partial charge in [-0.3, -0.25) is 9.59 Å². The van der Waals surface area contributed by atoms with E-state index in [1.807, 2.05) is 0 Å². The number of amides is 1. The number of carbonyl (C=O) groups excluding carboxylic acids is 2. The molecule has 3 heterocycles. The lowest BCUT2D eigenvalue weighted by atomic mass is 9.86. The van der Waals surface area contributed by atoms with Gasteiger partial charge < -0.3 is 15.0 Å². The van der Waals surface area contributed by atoms with Crippen LogP contribution in [0.4, 0.5) is 19.0 Å². The van der Waals surface area contributed by atoms with E-state index in [0.29, 0.717) is 42.2 Å². The van der Waals surface area contributed by atoms with Gasteiger partial charge in [-0.1, -0.05) is 19.8 Å². The smallest absolute Gasteiger partial charge is 0.453 e. The Kier molecular flexibility index (Phi) is 6.71. The maximum Gasteiger partial charge on any atom is 0.453 e. The molecule has 1 aliphatic carbocycles. The zero-order chi connectivity index (χ0) is 23.6. The molecule has 12 heteroatoms. The number of alkyl halides is 3. The van der Waals surface area contributed by atoms with Crippen LogP contribution < -0.4 is 10.2 Å². The van der Waals surface area contributed by atoms with Gasteiger partial charge in [0.1, 0.15) is 5.82 Å². The molecular weight excluding hydrogens is 441 g/mol. The molecule has 2 aromatic heterocycles. The lowest BCUT2D eigenvalue weighted by Crippen LogP contribution is -2.43. The van der Waals surface area contributed by atoms with Crippen molar-refractivity contribution in [2.45, 2.75) is 57.7 Å². The van der Waals surface area contributed by atoms with E-state index < -0.39 is 18.0 Å². The number of fused-ring (bicyclic) bond motifs is 1. The number of piperidine rings is 1. The van der Waals surface area contributed by atoms with E-state index in [4.69, 9.17) is 4.74 Å². The Labute approximate surface area is 188 Å². The van der Waals surface area contributed by atoms with Crippen molar-refractivity contribution in [3.63, 3.8) is 0 Å². The topological polar surface area (TPSA) is 102 Å². The molecule has 2 fully saturated rings. The molecule has 0 aromatic carbocycles. The number of carbonyl (C=O) groups is 2. The van der Waals surface area contributed by atoms with Gasteiger partial charge in [0.2, 0.25) is 0 Å². The van der Waals surface area contributed by atoms with Crippen LogP contribution in [-0.4, -0.2) is 57.4 Å². The second kappa shape index (κ2) is 9.52. The van der Waals surface area contributed by atoms with Gasteiger partial charge in [0.05, 0.1) is 5.92 Å². The van der Waals surface area contributed by atoms with E-state index in [0.717, 1.165) is 19.3 Å². The summed E-state index contributed by atoms with van der Waals surface area (Å²) in [6.07, 6.45) is 0.529. The Morgan fingerprint density at radius 2 is 1.85 bits per heavy atom. The van der Waals surface area contributed by atoms with Crippen molar-refractivity contribution < 1.29 is 27.5 Å². The van der Waals surface area contributed by atoms with Crippen LogP contribution in [0.25, 0.3) is 5.65 Å². The summed E-state index contributed by atoms with van der Waals surface area (Å²) in [6.45, 7) is 2.67. The Morgan fingerprint density at radius 1 is 1.12 bits per heavy atom. The minimum Gasteiger partial charge on any atom is -0.455 e. The number of nitrogens with zero attached hydrogens (tertiary/aromatic N) is 5. The number of hydrogen-bond acceptors (Lipinski definition) is 7. The van der Waals surface area contributed by atoms with Crippen LogP contribution in [-0.2, 0) is 20.5 Å². The van der Waals surface area contributed by atoms with Gasteiger partial charge in [0.25, 0.3) is 11.7 Å². The highest BCUT2D eigenvalue weighted by molar-refractivity contribution is 5.81. The number of aromatic nitrogens is 4. The van der Waals surface area contributed by atoms with Crippen molar-refractivity contribution >= 4 is 23.3 Å². The van der Waals surface area contributed by atoms with Gasteiger partial charge in [-0.15, -0.1) is 15.3 Å². The van der Waals surface area contributed by atoms with Crippen molar-refractivity contribution in [2.75, 3.05) is 24.6 Å². The Bertz CT molecular complexity index is 1000. The van der Waals surface area contributed by atoms with Crippen molar-refractivity contribution in [2.24, 2.45) is 11.8 Å². The second-order valence-electron chi connectivity index (χ2n) is 8.79. The molecule has 33 heavy (non-hydrogen) atoms. The van der Waals surface area contributed by atoms with E-state index in [2.05, 4.69) is 27.5 Å². The number of esters is 1. The van der Waals surface area contributed by atoms with E-state index in [1.54, 1.807) is 11.0 Å². The quantitative estimate of drug-likeness (QED) is 0.673. The minimum atomic E-state index is -4.66. The lowest BCUT2D eigenvalue weighted by molar-refractivity contribution is -0.153. The van der Waals surface area contributed by atoms with Crippen LogP contribution in [0.1, 0.15) is 51.3 Å². The number of rotatable bonds is 5. The normalized spacial score (nSPS) is 22.4. The van der Waals surface area contributed by atoms with Gasteiger partial charge in [-0.2, -0.15) is 17.7 Å². The molecule has 1 saturated heterocycles. The predicted molar refractivity (Wildman–Crippen MR) is 111 cm³/mol. The highest BCUT2D eigenvalue weighted by Crippen LogP contribution is 2.29. The highest BCUT2D eigenvalue weighted by Gasteiger charge is 2.38. The van der Waals surface area contributed by atoms with Crippen LogP contribution in [0, 0.1) is 11.8 Å². The third-order valence-electron chi connectivity index (χ3n) is 6.46. The van der Waals surface area contributed by atoms with Gasteiger partial charge in [0, 0.05) is 19.1 Å². The number of hydrogen-bond donors (Lipinski definition) is 1. The number of ether oxygens (including phenoxy) is 1. The SMILES string of the molecule is CC1CCCCC1NC(=O)COC(=O)C1CCN(c2ccc3nnc(C(F)(F)F)n3n2)CC1. The van der Waals surface area contributed by atoms with Crippen molar-refractivity contribution in [1.82, 2.24) is 25.1 Å². The molecule has 1 N–H and O–H groups in total. The first kappa shape index (κ1) is 23.2. The summed E-state index contributed by atoms with van der Waals surface area (Å²) < 4.78 is 45.2. The molecule has 4 rings (SSSR count). The minimum absolute atomic E-state index is 0.00503. The van der Waals surface area contributed by atoms with Crippen molar-refractivity contribution in [3.05, 3.63) is 18.0 Å². The third kappa shape index (κ3) is 5.36. The molecule has 2 aliphatic rings. The average Bonchev–Trinajstić information content (AvgIpc) is 3.23. The van der Waals surface area contributed by atoms with E-state index >= 15 is 0 Å². The molecule has 2 aromatic rings. The van der Waals surface area contributed by atoms with Crippen molar-refractivity contribution in [3.8, 4) is 0 Å². The van der Waals surface area contributed by atoms with Crippen LogP contribution >= 0.6 is 0 Å². The first-order chi connectivity index (χ1) is 15.7. The maximum absolute atomic E-state index is 13.1. The molecule has 1 aliphatic heterocycles. The summed E-state index contributed by atoms with van der Waals surface area (Å²) >= 11 is 0. The maximum atomic E-state index is 13.1. The Morgan fingerprint density at radius 3 is 2.55 bits per heavy atom. The van der Waals surface area contributed by atoms with Gasteiger partial charge in [-0.25, -0.2) is 0 Å². The van der Waals surface area contributed by atoms with Gasteiger partial charge >= 0.3 is 12.1 Å². The van der Waals surface area contributed by atoms with Crippen LogP contribution in [0.2, 0.25) is 0 Å². The molecule has 9 nitrogen and oxygen atoms in total. The zero-order valence-corrected chi connectivity index (χ0v) is 18.3. The standard InChI is InChI=1S/C21H27F3N6O3/c1-13-4-2-3-5-15(13)25-18(31)12-33-19(32)14-8-10-29(11-9-14)17-7-6-16-26-27-20(21(22,23)24)30(16)28-17/h6-7,13-15H,2-5,8-12H2,1H3,(H,25,31). The summed E-state index contributed by atoms with van der Waals surface area (Å²) in [6, 6.07) is 3.14. The van der Waals surface area contributed by atoms with E-state index in [1.165, 1.54) is 12.5 Å². The predicted octanol–water partition coefficient (Wildman–Crippen LogP) is 2.60. The summed E-state index contributed by atoms with van der Waals surface area (Å²) in [4.78, 5) is 26.4. The summed E-state index contributed by atoms with van der Waals surface area (Å²) in [5.41, 5.74) is 0.00503. The molecule has 0 spiro atoms. The van der Waals surface area contributed by atoms with Crippen LogP contribution in [0.3, 0.4) is 0 Å². The van der Waals surface area contributed by atoms with Crippen LogP contribution in [0.15, 0.2) is 12.1 Å². The van der Waals surface area contributed by atoms with Crippen molar-refractivity contribution in [1.29, 1.82) is 0 Å². The van der Waals surface area contributed by atoms with Gasteiger partial charge in [0.15, 0.2) is 12.3 Å². The fourth-order valence-corrected chi connectivity index (χ4v) is 4.50. The number of nitrogens with one attached hydrogen (secondary N) is 1. The summed E-state index contributed by atoms with van der Waals surface area (Å²) in [5.74, 6) is -1.50. The Balaban J connectivity index is 1.28. The molecule has 2 atom stereocenters. The lowest BCUT2D eigenvalue weighted by Gasteiger charge is -2.31. The fraction of sp³-hybridized carbons (Fsp3) is 0.667. The second-order valence-corrected chi connectivity index (χ2v) is 8.79. The molecule has 180 valence electrons. The molecule has 2 unspecified atom stereocenters. The summed E-state index contributed by atoms with van der Waals surface area (Å²) in [7, 11) is 0. The molecule has 1 saturated carbocycles. The first-order valence-electron chi connectivity index (χ1n) is 11.2. The first-order valence-corrected chi connectivity index (χ1v) is 11.2. The molecule has 0 radical (unpaired) electrons. The largest absolute Gasteiger partial charge is 0.455 e. The van der Waals surface area contributed by atoms with E-state index in [9.17, 15) is 22.8 Å².